The third-order valence-corrected chi connectivity index (χ3v) is 8.89. The van der Waals surface area contributed by atoms with E-state index in [1.54, 1.807) is 18.2 Å². The lowest BCUT2D eigenvalue weighted by molar-refractivity contribution is -0.140. The number of hydrogen-bond donors (Lipinski definition) is 1. The van der Waals surface area contributed by atoms with Crippen molar-refractivity contribution in [1.29, 1.82) is 0 Å². The minimum Gasteiger partial charge on any atom is -0.352 e. The third-order valence-electron chi connectivity index (χ3n) is 6.47. The number of nitrogens with one attached hydrogen (secondary N) is 1. The van der Waals surface area contributed by atoms with E-state index in [2.05, 4.69) is 5.32 Å². The summed E-state index contributed by atoms with van der Waals surface area (Å²) in [5.74, 6) is -0.999. The lowest BCUT2D eigenvalue weighted by Gasteiger charge is -2.34. The molecule has 0 aromatic heterocycles. The van der Waals surface area contributed by atoms with Crippen molar-refractivity contribution in [2.24, 2.45) is 0 Å². The normalized spacial score (nSPS) is 12.9. The first-order valence-corrected chi connectivity index (χ1v) is 16.2. The first-order chi connectivity index (χ1) is 19.3. The van der Waals surface area contributed by atoms with Crippen LogP contribution in [0.2, 0.25) is 20.1 Å². The fourth-order valence-electron chi connectivity index (χ4n) is 4.10. The van der Waals surface area contributed by atoms with Crippen molar-refractivity contribution in [2.45, 2.75) is 45.3 Å². The SMILES string of the molecule is CCC(C)NC(=O)C(Cc1ccccc1)N(Cc1ccc(Cl)c(Cl)c1)C(=O)CN(c1cc(Cl)ccc1Cl)S(C)(=O)=O. The highest BCUT2D eigenvalue weighted by atomic mass is 35.5. The molecule has 0 aliphatic heterocycles. The van der Waals surface area contributed by atoms with Crippen molar-refractivity contribution in [3.63, 3.8) is 0 Å². The zero-order valence-corrected chi connectivity index (χ0v) is 26.6. The number of rotatable bonds is 12. The minimum atomic E-state index is -4.00. The Labute approximate surface area is 261 Å². The predicted molar refractivity (Wildman–Crippen MR) is 167 cm³/mol. The Kier molecular flexibility index (Phi) is 11.8. The Hall–Kier alpha value is -2.49. The molecule has 3 aromatic rings. The number of halogens is 4. The summed E-state index contributed by atoms with van der Waals surface area (Å²) >= 11 is 24.9. The highest BCUT2D eigenvalue weighted by molar-refractivity contribution is 7.92. The molecule has 0 radical (unpaired) electrons. The van der Waals surface area contributed by atoms with Crippen LogP contribution >= 0.6 is 46.4 Å². The number of nitrogens with zero attached hydrogens (tertiary/aromatic N) is 2. The molecule has 41 heavy (non-hydrogen) atoms. The predicted octanol–water partition coefficient (Wildman–Crippen LogP) is 6.62. The van der Waals surface area contributed by atoms with E-state index in [1.807, 2.05) is 44.2 Å². The van der Waals surface area contributed by atoms with Crippen LogP contribution in [0.1, 0.15) is 31.4 Å². The maximum atomic E-state index is 14.1. The number of carbonyl (C=O) groups is 2. The molecule has 0 aliphatic carbocycles. The fraction of sp³-hybridized carbons (Fsp3) is 0.310. The summed E-state index contributed by atoms with van der Waals surface area (Å²) in [6.07, 6.45) is 1.84. The maximum Gasteiger partial charge on any atom is 0.244 e. The van der Waals surface area contributed by atoms with Gasteiger partial charge in [0, 0.05) is 24.0 Å². The minimum absolute atomic E-state index is 0.0397. The van der Waals surface area contributed by atoms with Crippen molar-refractivity contribution in [3.8, 4) is 0 Å². The summed E-state index contributed by atoms with van der Waals surface area (Å²) in [7, 11) is -4.00. The highest BCUT2D eigenvalue weighted by Gasteiger charge is 2.34. The largest absolute Gasteiger partial charge is 0.352 e. The summed E-state index contributed by atoms with van der Waals surface area (Å²) in [4.78, 5) is 29.2. The summed E-state index contributed by atoms with van der Waals surface area (Å²) in [6.45, 7) is 3.15. The maximum absolute atomic E-state index is 14.1. The fourth-order valence-corrected chi connectivity index (χ4v) is 5.71. The molecule has 0 saturated carbocycles. The number of carbonyl (C=O) groups excluding carboxylic acids is 2. The second-order valence-electron chi connectivity index (χ2n) is 9.66. The lowest BCUT2D eigenvalue weighted by Crippen LogP contribution is -2.54. The lowest BCUT2D eigenvalue weighted by atomic mass is 10.0. The molecule has 0 fully saturated rings. The Morgan fingerprint density at radius 3 is 2.15 bits per heavy atom. The van der Waals surface area contributed by atoms with Crippen LogP contribution in [-0.2, 0) is 32.6 Å². The third kappa shape index (κ3) is 9.25. The van der Waals surface area contributed by atoms with Gasteiger partial charge in [0.15, 0.2) is 0 Å². The van der Waals surface area contributed by atoms with E-state index in [-0.39, 0.29) is 45.7 Å². The van der Waals surface area contributed by atoms with E-state index >= 15 is 0 Å². The Balaban J connectivity index is 2.11. The van der Waals surface area contributed by atoms with Gasteiger partial charge in [-0.25, -0.2) is 8.42 Å². The van der Waals surface area contributed by atoms with Crippen LogP contribution in [0.25, 0.3) is 0 Å². The molecule has 0 bridgehead atoms. The van der Waals surface area contributed by atoms with Gasteiger partial charge in [-0.15, -0.1) is 0 Å². The van der Waals surface area contributed by atoms with Crippen LogP contribution in [0.4, 0.5) is 5.69 Å². The van der Waals surface area contributed by atoms with Gasteiger partial charge in [0.2, 0.25) is 21.8 Å². The molecule has 0 heterocycles. The zero-order valence-electron chi connectivity index (χ0n) is 22.8. The molecule has 0 spiro atoms. The Bertz CT molecular complexity index is 1490. The van der Waals surface area contributed by atoms with Crippen LogP contribution in [0.3, 0.4) is 0 Å². The molecule has 220 valence electrons. The van der Waals surface area contributed by atoms with Crippen molar-refractivity contribution in [2.75, 3.05) is 17.1 Å². The molecule has 0 aliphatic rings. The monoisotopic (exact) mass is 657 g/mol. The zero-order chi connectivity index (χ0) is 30.3. The number of anilines is 1. The molecular formula is C29H31Cl4N3O4S. The van der Waals surface area contributed by atoms with E-state index in [0.29, 0.717) is 17.0 Å². The number of amides is 2. The van der Waals surface area contributed by atoms with E-state index in [4.69, 9.17) is 46.4 Å². The van der Waals surface area contributed by atoms with E-state index in [9.17, 15) is 18.0 Å². The molecule has 7 nitrogen and oxygen atoms in total. The Morgan fingerprint density at radius 2 is 1.54 bits per heavy atom. The van der Waals surface area contributed by atoms with Gasteiger partial charge < -0.3 is 10.2 Å². The summed E-state index contributed by atoms with van der Waals surface area (Å²) in [6, 6.07) is 17.4. The highest BCUT2D eigenvalue weighted by Crippen LogP contribution is 2.31. The molecule has 2 amide bonds. The van der Waals surface area contributed by atoms with Gasteiger partial charge in [-0.3, -0.25) is 13.9 Å². The van der Waals surface area contributed by atoms with Crippen molar-refractivity contribution in [3.05, 3.63) is 97.9 Å². The van der Waals surface area contributed by atoms with Crippen LogP contribution in [0.5, 0.6) is 0 Å². The molecule has 3 rings (SSSR count). The van der Waals surface area contributed by atoms with E-state index in [0.717, 1.165) is 16.1 Å². The smallest absolute Gasteiger partial charge is 0.244 e. The molecule has 2 unspecified atom stereocenters. The van der Waals surface area contributed by atoms with Crippen molar-refractivity contribution < 1.29 is 18.0 Å². The molecule has 2 atom stereocenters. The van der Waals surface area contributed by atoms with Crippen LogP contribution in [-0.4, -0.2) is 50.0 Å². The second-order valence-corrected chi connectivity index (χ2v) is 13.2. The van der Waals surface area contributed by atoms with Gasteiger partial charge in [0.1, 0.15) is 12.6 Å². The first-order valence-electron chi connectivity index (χ1n) is 12.8. The molecule has 3 aromatic carbocycles. The first kappa shape index (κ1) is 33.0. The van der Waals surface area contributed by atoms with Gasteiger partial charge in [0.05, 0.1) is 27.0 Å². The molecule has 12 heteroatoms. The van der Waals surface area contributed by atoms with Crippen molar-refractivity contribution >= 4 is 73.9 Å². The summed E-state index contributed by atoms with van der Waals surface area (Å²) in [5, 5.41) is 3.93. The second kappa shape index (κ2) is 14.6. The van der Waals surface area contributed by atoms with E-state index in [1.165, 1.54) is 23.1 Å². The quantitative estimate of drug-likeness (QED) is 0.237. The molecule has 1 N–H and O–H groups in total. The number of benzene rings is 3. The molecular weight excluding hydrogens is 628 g/mol. The average molecular weight is 659 g/mol. The van der Waals surface area contributed by atoms with E-state index < -0.39 is 28.5 Å². The van der Waals surface area contributed by atoms with Crippen LogP contribution in [0, 0.1) is 0 Å². The number of hydrogen-bond acceptors (Lipinski definition) is 4. The standard InChI is InChI=1S/C29H31Cl4N3O4S/c1-4-19(2)34-29(38)27(15-20-8-6-5-7-9-20)35(17-21-10-12-23(31)25(33)14-21)28(37)18-36(41(3,39)40)26-16-22(30)11-13-24(26)32/h5-14,16,19,27H,4,15,17-18H2,1-3H3,(H,34,38). The van der Waals surface area contributed by atoms with Crippen molar-refractivity contribution in [1.82, 2.24) is 10.2 Å². The summed E-state index contributed by atoms with van der Waals surface area (Å²) < 4.78 is 26.7. The van der Waals surface area contributed by atoms with Gasteiger partial charge in [0.25, 0.3) is 0 Å². The summed E-state index contributed by atoms with van der Waals surface area (Å²) in [5.41, 5.74) is 1.48. The van der Waals surface area contributed by atoms with Gasteiger partial charge >= 0.3 is 0 Å². The van der Waals surface area contributed by atoms with Crippen LogP contribution in [0.15, 0.2) is 66.7 Å². The van der Waals surface area contributed by atoms with Gasteiger partial charge in [-0.1, -0.05) is 89.7 Å². The van der Waals surface area contributed by atoms with Gasteiger partial charge in [-0.05, 0) is 54.8 Å². The average Bonchev–Trinajstić information content (AvgIpc) is 2.92. The van der Waals surface area contributed by atoms with Gasteiger partial charge in [-0.2, -0.15) is 0 Å². The number of sulfonamides is 1. The Morgan fingerprint density at radius 1 is 0.878 bits per heavy atom. The molecule has 0 saturated heterocycles. The topological polar surface area (TPSA) is 86.8 Å². The van der Waals surface area contributed by atoms with Crippen LogP contribution < -0.4 is 9.62 Å².